The summed E-state index contributed by atoms with van der Waals surface area (Å²) in [5, 5.41) is 2.22. The molecule has 0 unspecified atom stereocenters. The van der Waals surface area contributed by atoms with Gasteiger partial charge in [0.15, 0.2) is 0 Å². The Balaban J connectivity index is 0.000000379. The van der Waals surface area contributed by atoms with Crippen LogP contribution in [0.1, 0.15) is 0 Å². The van der Waals surface area contributed by atoms with E-state index in [1.165, 1.54) is 0 Å². The minimum Gasteiger partial charge on any atom is -0.303 e. The quantitative estimate of drug-likeness (QED) is 0.414. The third-order valence-electron chi connectivity index (χ3n) is 4.09. The molecule has 0 saturated heterocycles. The summed E-state index contributed by atoms with van der Waals surface area (Å²) >= 11 is 6.16. The van der Waals surface area contributed by atoms with E-state index >= 15 is 0 Å². The molecule has 0 N–H and O–H groups in total. The maximum atomic E-state index is 11.4. The Morgan fingerprint density at radius 1 is 0.667 bits per heavy atom. The SMILES string of the molecule is O=C[C]1[CH][CH][CH][C]1P(=S)(c1ccccc1)c1ccccc1.[CH]1[CH][CH][CH][CH]1.[Fe+2]. The first-order chi connectivity index (χ1) is 12.8. The molecule has 2 aromatic rings. The monoisotopic (exact) mass is 430 g/mol. The fourth-order valence-corrected chi connectivity index (χ4v) is 6.89. The summed E-state index contributed by atoms with van der Waals surface area (Å²) in [6, 6.07) is 18.1. The molecule has 2 aliphatic rings. The second-order valence-electron chi connectivity index (χ2n) is 5.73. The average Bonchev–Trinajstić information content (AvgIpc) is 3.43. The molecule has 0 heterocycles. The van der Waals surface area contributed by atoms with Gasteiger partial charge in [0.2, 0.25) is 0 Å². The van der Waals surface area contributed by atoms with Crippen LogP contribution in [0.15, 0.2) is 60.7 Å². The third kappa shape index (κ3) is 5.42. The Bertz CT molecular complexity index is 679. The van der Waals surface area contributed by atoms with Crippen LogP contribution in [-0.4, -0.2) is 6.29 Å². The van der Waals surface area contributed by atoms with Crippen molar-refractivity contribution in [2.24, 2.45) is 0 Å². The Labute approximate surface area is 179 Å². The molecule has 0 spiro atoms. The molecule has 2 saturated carbocycles. The molecule has 27 heavy (non-hydrogen) atoms. The maximum Gasteiger partial charge on any atom is 2.00 e. The summed E-state index contributed by atoms with van der Waals surface area (Å²) in [5.74, 6) is 0.700. The Kier molecular flexibility index (Phi) is 9.46. The maximum absolute atomic E-state index is 11.4. The second kappa shape index (κ2) is 11.3. The Morgan fingerprint density at radius 3 is 1.52 bits per heavy atom. The van der Waals surface area contributed by atoms with Gasteiger partial charge >= 0.3 is 17.1 Å². The summed E-state index contributed by atoms with van der Waals surface area (Å²) in [6.07, 6.45) is 16.6. The van der Waals surface area contributed by atoms with E-state index in [1.807, 2.05) is 87.8 Å². The summed E-state index contributed by atoms with van der Waals surface area (Å²) in [5.41, 5.74) is 0.977. The van der Waals surface area contributed by atoms with E-state index in [9.17, 15) is 4.79 Å². The topological polar surface area (TPSA) is 17.1 Å². The van der Waals surface area contributed by atoms with Crippen LogP contribution in [0.25, 0.3) is 0 Å². The van der Waals surface area contributed by atoms with E-state index in [0.717, 1.165) is 22.6 Å². The van der Waals surface area contributed by atoms with Crippen LogP contribution in [0.3, 0.4) is 0 Å². The van der Waals surface area contributed by atoms with Crippen LogP contribution in [0.4, 0.5) is 0 Å². The van der Waals surface area contributed by atoms with Crippen LogP contribution in [-0.2, 0) is 33.7 Å². The van der Waals surface area contributed by atoms with Gasteiger partial charge in [-0.3, -0.25) is 0 Å². The molecule has 4 heteroatoms. The van der Waals surface area contributed by atoms with Crippen molar-refractivity contribution >= 4 is 34.7 Å². The molecular weight excluding hydrogens is 411 g/mol. The first kappa shape index (κ1) is 22.6. The fraction of sp³-hybridized carbons (Fsp3) is 0. The number of carbonyl (C=O) groups excluding carboxylic acids is 1. The molecule has 10 radical (unpaired) electrons. The number of hydrogen-bond donors (Lipinski definition) is 0. The van der Waals surface area contributed by atoms with Crippen LogP contribution >= 0.6 is 6.04 Å². The Hall–Kier alpha value is -0.721. The van der Waals surface area contributed by atoms with E-state index in [2.05, 4.69) is 24.3 Å². The molecule has 1 nitrogen and oxygen atoms in total. The largest absolute Gasteiger partial charge is 2.00 e. The predicted octanol–water partition coefficient (Wildman–Crippen LogP) is 4.07. The summed E-state index contributed by atoms with van der Waals surface area (Å²) in [7, 11) is 0. The summed E-state index contributed by atoms with van der Waals surface area (Å²) < 4.78 is 0. The zero-order valence-corrected chi connectivity index (χ0v) is 17.4. The van der Waals surface area contributed by atoms with Crippen molar-refractivity contribution in [1.82, 2.24) is 0 Å². The van der Waals surface area contributed by atoms with Gasteiger partial charge in [0.25, 0.3) is 0 Å². The van der Waals surface area contributed by atoms with E-state index in [4.69, 9.17) is 11.8 Å². The van der Waals surface area contributed by atoms with Crippen LogP contribution in [0, 0.1) is 62.9 Å². The van der Waals surface area contributed by atoms with Crippen molar-refractivity contribution < 1.29 is 21.9 Å². The van der Waals surface area contributed by atoms with Crippen molar-refractivity contribution in [3.8, 4) is 0 Å². The van der Waals surface area contributed by atoms with Crippen molar-refractivity contribution in [2.45, 2.75) is 0 Å². The molecule has 2 fully saturated rings. The number of rotatable bonds is 4. The molecule has 0 aromatic heterocycles. The van der Waals surface area contributed by atoms with Gasteiger partial charge in [-0.1, -0.05) is 72.5 Å². The molecule has 0 bridgehead atoms. The smallest absolute Gasteiger partial charge is 0.303 e. The predicted molar refractivity (Wildman–Crippen MR) is 113 cm³/mol. The first-order valence-corrected chi connectivity index (χ1v) is 11.2. The minimum atomic E-state index is -2.18. The normalized spacial score (nSPS) is 17.6. The van der Waals surface area contributed by atoms with Gasteiger partial charge in [-0.15, -0.1) is 0 Å². The molecule has 0 aliphatic heterocycles. The van der Waals surface area contributed by atoms with Crippen molar-refractivity contribution in [1.29, 1.82) is 0 Å². The van der Waals surface area contributed by atoms with Gasteiger partial charge in [0.1, 0.15) is 6.29 Å². The van der Waals surface area contributed by atoms with Crippen molar-refractivity contribution in [3.63, 3.8) is 0 Å². The van der Waals surface area contributed by atoms with Gasteiger partial charge in [-0.25, -0.2) is 0 Å². The van der Waals surface area contributed by atoms with Crippen molar-refractivity contribution in [3.05, 3.63) is 124 Å². The molecule has 0 amide bonds. The number of hydrogen-bond acceptors (Lipinski definition) is 2. The van der Waals surface area contributed by atoms with Gasteiger partial charge in [-0.05, 0) is 62.0 Å². The van der Waals surface area contributed by atoms with Crippen LogP contribution in [0.5, 0.6) is 0 Å². The van der Waals surface area contributed by atoms with Gasteiger partial charge in [0, 0.05) is 11.7 Å². The minimum absolute atomic E-state index is 0. The van der Waals surface area contributed by atoms with Crippen LogP contribution < -0.4 is 10.6 Å². The molecule has 2 aliphatic carbocycles. The van der Waals surface area contributed by atoms with E-state index < -0.39 is 6.04 Å². The molecule has 4 rings (SSSR count). The standard InChI is InChI=1S/C18H14OPS.C5H5.Fe/c19-14-15-8-7-13-18(15)20(21,16-9-3-1-4-10-16)17-11-5-2-6-12-17;1-2-4-5-3-1;/h1-14H;1-5H;/q;;+2. The number of benzene rings is 2. The van der Waals surface area contributed by atoms with Gasteiger partial charge < -0.3 is 4.79 Å². The molecule has 134 valence electrons. The summed E-state index contributed by atoms with van der Waals surface area (Å²) in [6.45, 7) is 0. The molecular formula is C23H19FeOPS+2. The van der Waals surface area contributed by atoms with Crippen molar-refractivity contribution in [2.75, 3.05) is 0 Å². The van der Waals surface area contributed by atoms with Gasteiger partial charge in [0.05, 0.1) is 5.92 Å². The fourth-order valence-electron chi connectivity index (χ4n) is 2.83. The average molecular weight is 430 g/mol. The Morgan fingerprint density at radius 2 is 1.11 bits per heavy atom. The number of carbonyl (C=O) groups is 1. The van der Waals surface area contributed by atoms with E-state index in [-0.39, 0.29) is 17.1 Å². The van der Waals surface area contributed by atoms with E-state index in [0.29, 0.717) is 5.92 Å². The zero-order chi connectivity index (χ0) is 18.2. The molecule has 0 atom stereocenters. The van der Waals surface area contributed by atoms with E-state index in [1.54, 1.807) is 0 Å². The summed E-state index contributed by atoms with van der Waals surface area (Å²) in [4.78, 5) is 11.4. The second-order valence-corrected chi connectivity index (χ2v) is 10.1. The molecule has 2 aromatic carbocycles. The van der Waals surface area contributed by atoms with Gasteiger partial charge in [-0.2, -0.15) is 0 Å². The zero-order valence-electron chi connectivity index (χ0n) is 14.6. The third-order valence-corrected chi connectivity index (χ3v) is 9.08. The number of aldehydes is 1. The first-order valence-electron chi connectivity index (χ1n) is 8.36. The van der Waals surface area contributed by atoms with Crippen LogP contribution in [0.2, 0.25) is 0 Å².